The Balaban J connectivity index is 1.45. The van der Waals surface area contributed by atoms with Crippen LogP contribution in [0.5, 0.6) is 11.5 Å². The quantitative estimate of drug-likeness (QED) is 0.620. The molecule has 6 nitrogen and oxygen atoms in total. The van der Waals surface area contributed by atoms with Crippen LogP contribution in [0.1, 0.15) is 11.1 Å². The van der Waals surface area contributed by atoms with Crippen molar-refractivity contribution in [2.24, 2.45) is 0 Å². The molecule has 0 radical (unpaired) electrons. The van der Waals surface area contributed by atoms with Crippen LogP contribution >= 0.6 is 0 Å². The summed E-state index contributed by atoms with van der Waals surface area (Å²) in [5, 5.41) is 6.01. The minimum Gasteiger partial charge on any atom is -0.497 e. The van der Waals surface area contributed by atoms with Crippen molar-refractivity contribution in [1.29, 1.82) is 0 Å². The molecule has 3 aromatic rings. The van der Waals surface area contributed by atoms with Crippen LogP contribution in [-0.2, 0) is 11.3 Å². The summed E-state index contributed by atoms with van der Waals surface area (Å²) < 4.78 is 10.6. The van der Waals surface area contributed by atoms with E-state index in [-0.39, 0.29) is 12.5 Å². The lowest BCUT2D eigenvalue weighted by Gasteiger charge is -2.09. The highest BCUT2D eigenvalue weighted by Crippen LogP contribution is 2.15. The first-order chi connectivity index (χ1) is 13.6. The summed E-state index contributed by atoms with van der Waals surface area (Å²) in [6.07, 6.45) is 1.61. The molecule has 144 valence electrons. The van der Waals surface area contributed by atoms with Gasteiger partial charge in [0.25, 0.3) is 5.91 Å². The van der Waals surface area contributed by atoms with Crippen LogP contribution in [-0.4, -0.2) is 24.6 Å². The molecule has 0 saturated heterocycles. The number of anilines is 2. The smallest absolute Gasteiger partial charge is 0.262 e. The number of amides is 1. The molecule has 0 aliphatic carbocycles. The topological polar surface area (TPSA) is 72.5 Å². The van der Waals surface area contributed by atoms with Gasteiger partial charge in [0.1, 0.15) is 17.3 Å². The zero-order valence-electron chi connectivity index (χ0n) is 15.9. The first-order valence-corrected chi connectivity index (χ1v) is 8.94. The van der Waals surface area contributed by atoms with Gasteiger partial charge in [0.15, 0.2) is 6.61 Å². The second-order valence-electron chi connectivity index (χ2n) is 6.28. The van der Waals surface area contributed by atoms with E-state index in [1.807, 2.05) is 61.5 Å². The largest absolute Gasteiger partial charge is 0.497 e. The number of carbonyl (C=O) groups is 1. The first kappa shape index (κ1) is 19.2. The van der Waals surface area contributed by atoms with Crippen LogP contribution in [0.15, 0.2) is 66.9 Å². The number of aryl methyl sites for hydroxylation is 1. The molecule has 0 bridgehead atoms. The van der Waals surface area contributed by atoms with Crippen molar-refractivity contribution < 1.29 is 14.3 Å². The van der Waals surface area contributed by atoms with Crippen LogP contribution in [0, 0.1) is 6.92 Å². The number of hydrogen-bond donors (Lipinski definition) is 2. The summed E-state index contributed by atoms with van der Waals surface area (Å²) in [5.41, 5.74) is 2.88. The summed E-state index contributed by atoms with van der Waals surface area (Å²) >= 11 is 0. The van der Waals surface area contributed by atoms with Gasteiger partial charge in [-0.05, 0) is 48.9 Å². The number of methoxy groups -OCH3 is 1. The molecule has 1 heterocycles. The molecule has 3 rings (SSSR count). The lowest BCUT2D eigenvalue weighted by Crippen LogP contribution is -2.20. The van der Waals surface area contributed by atoms with E-state index in [1.165, 1.54) is 0 Å². The number of pyridine rings is 1. The molecule has 0 unspecified atom stereocenters. The lowest BCUT2D eigenvalue weighted by molar-refractivity contribution is -0.118. The van der Waals surface area contributed by atoms with Gasteiger partial charge in [-0.2, -0.15) is 0 Å². The van der Waals surface area contributed by atoms with Crippen molar-refractivity contribution in [3.63, 3.8) is 0 Å². The maximum Gasteiger partial charge on any atom is 0.262 e. The molecule has 1 aromatic heterocycles. The Morgan fingerprint density at radius 1 is 0.964 bits per heavy atom. The van der Waals surface area contributed by atoms with Crippen molar-refractivity contribution in [1.82, 2.24) is 4.98 Å². The number of ether oxygens (including phenoxy) is 2. The fourth-order valence-corrected chi connectivity index (χ4v) is 2.49. The molecule has 6 heteroatoms. The highest BCUT2D eigenvalue weighted by Gasteiger charge is 2.05. The van der Waals surface area contributed by atoms with E-state index in [2.05, 4.69) is 15.6 Å². The molecule has 2 aromatic carbocycles. The molecule has 0 aliphatic heterocycles. The van der Waals surface area contributed by atoms with E-state index < -0.39 is 0 Å². The second kappa shape index (κ2) is 9.41. The van der Waals surface area contributed by atoms with Gasteiger partial charge in [-0.1, -0.05) is 29.8 Å². The number of rotatable bonds is 8. The first-order valence-electron chi connectivity index (χ1n) is 8.94. The fourth-order valence-electron chi connectivity index (χ4n) is 2.49. The van der Waals surface area contributed by atoms with Crippen molar-refractivity contribution in [3.05, 3.63) is 78.0 Å². The van der Waals surface area contributed by atoms with Gasteiger partial charge in [-0.3, -0.25) is 4.79 Å². The predicted octanol–water partition coefficient (Wildman–Crippen LogP) is 4.03. The Labute approximate surface area is 164 Å². The molecule has 0 atom stereocenters. The third-order valence-electron chi connectivity index (χ3n) is 4.07. The second-order valence-corrected chi connectivity index (χ2v) is 6.28. The van der Waals surface area contributed by atoms with Gasteiger partial charge in [0.2, 0.25) is 0 Å². The number of benzene rings is 2. The minimum atomic E-state index is -0.235. The molecular formula is C22H23N3O3. The maximum atomic E-state index is 12.0. The average Bonchev–Trinajstić information content (AvgIpc) is 2.73. The zero-order chi connectivity index (χ0) is 19.8. The van der Waals surface area contributed by atoms with E-state index in [0.717, 1.165) is 22.7 Å². The van der Waals surface area contributed by atoms with Crippen molar-refractivity contribution in [2.45, 2.75) is 13.5 Å². The highest BCUT2D eigenvalue weighted by molar-refractivity contribution is 5.91. The van der Waals surface area contributed by atoms with Gasteiger partial charge in [-0.25, -0.2) is 4.98 Å². The van der Waals surface area contributed by atoms with Crippen molar-refractivity contribution in [2.75, 3.05) is 24.4 Å². The van der Waals surface area contributed by atoms with E-state index in [4.69, 9.17) is 9.47 Å². The fraction of sp³-hybridized carbons (Fsp3) is 0.182. The van der Waals surface area contributed by atoms with Crippen molar-refractivity contribution >= 4 is 17.4 Å². The number of nitrogens with one attached hydrogen (secondary N) is 2. The summed E-state index contributed by atoms with van der Waals surface area (Å²) in [5.74, 6) is 1.98. The number of hydrogen-bond acceptors (Lipinski definition) is 5. The SMILES string of the molecule is COc1ccc(CNc2ccc(NC(=O)COc3ccc(C)cc3)cn2)cc1. The highest BCUT2D eigenvalue weighted by atomic mass is 16.5. The monoisotopic (exact) mass is 377 g/mol. The van der Waals surface area contributed by atoms with E-state index in [9.17, 15) is 4.79 Å². The molecule has 28 heavy (non-hydrogen) atoms. The minimum absolute atomic E-state index is 0.0550. The number of nitrogens with zero attached hydrogens (tertiary/aromatic N) is 1. The summed E-state index contributed by atoms with van der Waals surface area (Å²) in [7, 11) is 1.64. The number of aromatic nitrogens is 1. The van der Waals surface area contributed by atoms with E-state index in [1.54, 1.807) is 19.4 Å². The van der Waals surface area contributed by atoms with Crippen molar-refractivity contribution in [3.8, 4) is 11.5 Å². The molecule has 0 aliphatic rings. The normalized spacial score (nSPS) is 10.2. The third kappa shape index (κ3) is 5.74. The number of carbonyl (C=O) groups excluding carboxylic acids is 1. The Bertz CT molecular complexity index is 892. The Morgan fingerprint density at radius 3 is 2.32 bits per heavy atom. The summed E-state index contributed by atoms with van der Waals surface area (Å²) in [6.45, 7) is 2.59. The molecule has 0 fully saturated rings. The van der Waals surface area contributed by atoms with Crippen LogP contribution in [0.25, 0.3) is 0 Å². The molecular weight excluding hydrogens is 354 g/mol. The molecule has 1 amide bonds. The van der Waals surface area contributed by atoms with Gasteiger partial charge < -0.3 is 20.1 Å². The zero-order valence-corrected chi connectivity index (χ0v) is 15.9. The van der Waals surface area contributed by atoms with Gasteiger partial charge >= 0.3 is 0 Å². The van der Waals surface area contributed by atoms with Crippen LogP contribution in [0.2, 0.25) is 0 Å². The Kier molecular flexibility index (Phi) is 6.46. The third-order valence-corrected chi connectivity index (χ3v) is 4.07. The average molecular weight is 377 g/mol. The van der Waals surface area contributed by atoms with Gasteiger partial charge in [0, 0.05) is 6.54 Å². The molecule has 2 N–H and O–H groups in total. The van der Waals surface area contributed by atoms with Crippen LogP contribution < -0.4 is 20.1 Å². The van der Waals surface area contributed by atoms with E-state index >= 15 is 0 Å². The maximum absolute atomic E-state index is 12.0. The lowest BCUT2D eigenvalue weighted by atomic mass is 10.2. The van der Waals surface area contributed by atoms with Crippen LogP contribution in [0.4, 0.5) is 11.5 Å². The summed E-state index contributed by atoms with van der Waals surface area (Å²) in [6, 6.07) is 19.0. The van der Waals surface area contributed by atoms with Gasteiger partial charge in [-0.15, -0.1) is 0 Å². The summed E-state index contributed by atoms with van der Waals surface area (Å²) in [4.78, 5) is 16.3. The Morgan fingerprint density at radius 2 is 1.68 bits per heavy atom. The standard InChI is InChI=1S/C22H23N3O3/c1-16-3-8-20(9-4-16)28-15-22(26)25-18-7-12-21(24-14-18)23-13-17-5-10-19(27-2)11-6-17/h3-12,14H,13,15H2,1-2H3,(H,23,24)(H,25,26). The van der Waals surface area contributed by atoms with Crippen LogP contribution in [0.3, 0.4) is 0 Å². The molecule has 0 spiro atoms. The van der Waals surface area contributed by atoms with Gasteiger partial charge in [0.05, 0.1) is 19.0 Å². The van der Waals surface area contributed by atoms with E-state index in [0.29, 0.717) is 18.0 Å². The predicted molar refractivity (Wildman–Crippen MR) is 110 cm³/mol. The Hall–Kier alpha value is -3.54. The molecule has 0 saturated carbocycles.